The van der Waals surface area contributed by atoms with Crippen LogP contribution in [0.1, 0.15) is 12.8 Å². The van der Waals surface area contributed by atoms with Gasteiger partial charge in [0.15, 0.2) is 0 Å². The zero-order chi connectivity index (χ0) is 20.4. The van der Waals surface area contributed by atoms with Crippen LogP contribution < -0.4 is 10.2 Å². The summed E-state index contributed by atoms with van der Waals surface area (Å²) in [6.45, 7) is 6.49. The highest BCUT2D eigenvalue weighted by atomic mass is 16.2. The third kappa shape index (κ3) is 4.05. The maximum Gasteiger partial charge on any atom is 0.327 e. The lowest BCUT2D eigenvalue weighted by Crippen LogP contribution is -2.65. The van der Waals surface area contributed by atoms with E-state index in [9.17, 15) is 9.59 Å². The number of amides is 3. The molecule has 3 amide bonds. The summed E-state index contributed by atoms with van der Waals surface area (Å²) in [6, 6.07) is 1.31. The van der Waals surface area contributed by atoms with Gasteiger partial charge in [-0.15, -0.1) is 0 Å². The summed E-state index contributed by atoms with van der Waals surface area (Å²) in [5, 5.41) is 3.31. The number of piperazine rings is 1. The Balaban J connectivity index is 1.19. The van der Waals surface area contributed by atoms with Crippen molar-refractivity contribution in [1.29, 1.82) is 0 Å². The van der Waals surface area contributed by atoms with Crippen molar-refractivity contribution in [3.05, 3.63) is 18.5 Å². The Morgan fingerprint density at radius 1 is 1.03 bits per heavy atom. The van der Waals surface area contributed by atoms with Crippen molar-refractivity contribution in [3.8, 4) is 0 Å². The number of carbonyl (C=O) groups is 2. The number of imide groups is 1. The van der Waals surface area contributed by atoms with Gasteiger partial charge >= 0.3 is 6.03 Å². The van der Waals surface area contributed by atoms with Crippen molar-refractivity contribution < 1.29 is 9.59 Å². The maximum absolute atomic E-state index is 12.6. The summed E-state index contributed by atoms with van der Waals surface area (Å²) >= 11 is 0. The Kier molecular flexibility index (Phi) is 5.93. The van der Waals surface area contributed by atoms with Crippen LogP contribution in [-0.4, -0.2) is 114 Å². The lowest BCUT2D eigenvalue weighted by molar-refractivity contribution is -0.136. The monoisotopic (exact) mass is 402 g/mol. The number of unbranched alkanes of at least 4 members (excludes halogenated alkanes) is 1. The van der Waals surface area contributed by atoms with Crippen molar-refractivity contribution in [3.63, 3.8) is 0 Å². The molecule has 0 aliphatic carbocycles. The number of carbonyl (C=O) groups excluding carboxylic acids is 2. The highest BCUT2D eigenvalue weighted by Gasteiger charge is 2.49. The molecule has 10 heteroatoms. The van der Waals surface area contributed by atoms with Gasteiger partial charge < -0.3 is 9.80 Å². The van der Waals surface area contributed by atoms with Gasteiger partial charge in [0, 0.05) is 59.2 Å². The van der Waals surface area contributed by atoms with E-state index in [0.29, 0.717) is 6.67 Å². The van der Waals surface area contributed by atoms with Crippen LogP contribution in [0, 0.1) is 0 Å². The Labute approximate surface area is 171 Å². The SMILES string of the molecule is CN1C(=O)C2C(NCN2CCCCN2CCN(c3ncccn3)CC2)N(C)C1=O. The highest BCUT2D eigenvalue weighted by Crippen LogP contribution is 2.23. The first-order chi connectivity index (χ1) is 14.1. The molecule has 0 saturated carbocycles. The molecule has 4 heterocycles. The molecular formula is C19H30N8O2. The normalized spacial score (nSPS) is 26.3. The first-order valence-electron chi connectivity index (χ1n) is 10.3. The number of aromatic nitrogens is 2. The van der Waals surface area contributed by atoms with E-state index < -0.39 is 0 Å². The molecule has 1 aromatic heterocycles. The zero-order valence-corrected chi connectivity index (χ0v) is 17.2. The molecule has 3 aliphatic heterocycles. The van der Waals surface area contributed by atoms with Gasteiger partial charge in [-0.3, -0.25) is 24.8 Å². The summed E-state index contributed by atoms with van der Waals surface area (Å²) in [5.74, 6) is 0.705. The summed E-state index contributed by atoms with van der Waals surface area (Å²) in [7, 11) is 3.31. The molecule has 3 aliphatic rings. The third-order valence-corrected chi connectivity index (χ3v) is 6.16. The minimum absolute atomic E-state index is 0.109. The van der Waals surface area contributed by atoms with Gasteiger partial charge in [0.2, 0.25) is 5.95 Å². The standard InChI is InChI=1S/C19H30N8O2/c1-23-16-15(17(28)24(2)19(23)29)27(14-22-16)9-4-3-8-25-10-12-26(13-11-25)18-20-6-5-7-21-18/h5-7,15-16,22H,3-4,8-14H2,1-2H3. The number of nitrogens with one attached hydrogen (secondary N) is 1. The molecule has 1 aromatic rings. The molecule has 158 valence electrons. The number of rotatable bonds is 6. The van der Waals surface area contributed by atoms with E-state index in [1.165, 1.54) is 4.90 Å². The quantitative estimate of drug-likeness (QED) is 0.635. The molecule has 2 unspecified atom stereocenters. The van der Waals surface area contributed by atoms with Gasteiger partial charge in [-0.05, 0) is 25.5 Å². The van der Waals surface area contributed by atoms with E-state index in [1.54, 1.807) is 31.4 Å². The van der Waals surface area contributed by atoms with Gasteiger partial charge in [-0.1, -0.05) is 0 Å². The molecule has 1 N–H and O–H groups in total. The average molecular weight is 403 g/mol. The fourth-order valence-corrected chi connectivity index (χ4v) is 4.40. The topological polar surface area (TPSA) is 88.2 Å². The molecule has 29 heavy (non-hydrogen) atoms. The number of hydrogen-bond donors (Lipinski definition) is 1. The van der Waals surface area contributed by atoms with E-state index in [1.807, 2.05) is 6.07 Å². The first kappa shape index (κ1) is 20.0. The maximum atomic E-state index is 12.6. The molecule has 10 nitrogen and oxygen atoms in total. The van der Waals surface area contributed by atoms with Crippen LogP contribution in [0.25, 0.3) is 0 Å². The van der Waals surface area contributed by atoms with Crippen LogP contribution in [0.2, 0.25) is 0 Å². The number of urea groups is 1. The molecule has 3 fully saturated rings. The Bertz CT molecular complexity index is 724. The summed E-state index contributed by atoms with van der Waals surface area (Å²) in [6.07, 6.45) is 5.47. The van der Waals surface area contributed by atoms with E-state index in [0.717, 1.165) is 58.1 Å². The molecule has 0 spiro atoms. The zero-order valence-electron chi connectivity index (χ0n) is 17.2. The van der Waals surface area contributed by atoms with Crippen LogP contribution in [0.5, 0.6) is 0 Å². The molecule has 2 atom stereocenters. The van der Waals surface area contributed by atoms with Crippen LogP contribution in [0.4, 0.5) is 10.7 Å². The number of hydrogen-bond acceptors (Lipinski definition) is 8. The van der Waals surface area contributed by atoms with Gasteiger partial charge in [0.1, 0.15) is 12.2 Å². The minimum atomic E-state index is -0.280. The second kappa shape index (κ2) is 8.60. The number of nitrogens with zero attached hydrogens (tertiary/aromatic N) is 7. The fourth-order valence-electron chi connectivity index (χ4n) is 4.40. The second-order valence-corrected chi connectivity index (χ2v) is 7.94. The van der Waals surface area contributed by atoms with Gasteiger partial charge in [0.05, 0.1) is 6.67 Å². The molecule has 0 bridgehead atoms. The lowest BCUT2D eigenvalue weighted by Gasteiger charge is -2.39. The van der Waals surface area contributed by atoms with E-state index in [4.69, 9.17) is 0 Å². The molecule has 0 radical (unpaired) electrons. The smallest absolute Gasteiger partial charge is 0.327 e. The minimum Gasteiger partial charge on any atom is -0.338 e. The first-order valence-corrected chi connectivity index (χ1v) is 10.3. The Hall–Kier alpha value is -2.30. The fraction of sp³-hybridized carbons (Fsp3) is 0.684. The van der Waals surface area contributed by atoms with Crippen molar-refractivity contribution in [2.24, 2.45) is 0 Å². The molecule has 0 aromatic carbocycles. The van der Waals surface area contributed by atoms with Crippen molar-refractivity contribution in [1.82, 2.24) is 34.9 Å². The molecule has 4 rings (SSSR count). The van der Waals surface area contributed by atoms with Crippen LogP contribution in [0.15, 0.2) is 18.5 Å². The van der Waals surface area contributed by atoms with Gasteiger partial charge in [0.25, 0.3) is 5.91 Å². The van der Waals surface area contributed by atoms with Crippen molar-refractivity contribution in [2.75, 3.05) is 64.9 Å². The summed E-state index contributed by atoms with van der Waals surface area (Å²) in [4.78, 5) is 43.1. The predicted molar refractivity (Wildman–Crippen MR) is 108 cm³/mol. The summed E-state index contributed by atoms with van der Waals surface area (Å²) < 4.78 is 0. The lowest BCUT2D eigenvalue weighted by atomic mass is 10.1. The number of anilines is 1. The van der Waals surface area contributed by atoms with Crippen LogP contribution >= 0.6 is 0 Å². The van der Waals surface area contributed by atoms with Gasteiger partial charge in [-0.2, -0.15) is 0 Å². The van der Waals surface area contributed by atoms with Crippen molar-refractivity contribution >= 4 is 17.9 Å². The molecular weight excluding hydrogens is 372 g/mol. The average Bonchev–Trinajstić information content (AvgIpc) is 3.19. The largest absolute Gasteiger partial charge is 0.338 e. The third-order valence-electron chi connectivity index (χ3n) is 6.16. The van der Waals surface area contributed by atoms with Crippen LogP contribution in [-0.2, 0) is 4.79 Å². The second-order valence-electron chi connectivity index (χ2n) is 7.94. The highest BCUT2D eigenvalue weighted by molar-refractivity contribution is 6.00. The number of fused-ring (bicyclic) bond motifs is 1. The number of likely N-dealkylation sites (N-methyl/N-ethyl adjacent to an activating group) is 2. The van der Waals surface area contributed by atoms with Crippen molar-refractivity contribution in [2.45, 2.75) is 25.0 Å². The predicted octanol–water partition coefficient (Wildman–Crippen LogP) is -0.540. The van der Waals surface area contributed by atoms with Crippen LogP contribution in [0.3, 0.4) is 0 Å². The molecule has 3 saturated heterocycles. The Morgan fingerprint density at radius 2 is 1.72 bits per heavy atom. The summed E-state index contributed by atoms with van der Waals surface area (Å²) in [5.41, 5.74) is 0. The Morgan fingerprint density at radius 3 is 2.45 bits per heavy atom. The van der Waals surface area contributed by atoms with E-state index in [2.05, 4.69) is 30.0 Å². The van der Waals surface area contributed by atoms with E-state index in [-0.39, 0.29) is 24.1 Å². The van der Waals surface area contributed by atoms with Gasteiger partial charge in [-0.25, -0.2) is 14.8 Å². The van der Waals surface area contributed by atoms with E-state index >= 15 is 0 Å².